The van der Waals surface area contributed by atoms with Gasteiger partial charge in [0.1, 0.15) is 0 Å². The highest BCUT2D eigenvalue weighted by Gasteiger charge is 1.94. The van der Waals surface area contributed by atoms with Crippen LogP contribution in [-0.2, 0) is 6.42 Å². The lowest BCUT2D eigenvalue weighted by Gasteiger charge is -2.06. The fourth-order valence-electron chi connectivity index (χ4n) is 1.00. The summed E-state index contributed by atoms with van der Waals surface area (Å²) in [6, 6.07) is 7.16. The van der Waals surface area contributed by atoms with Gasteiger partial charge in [-0.1, -0.05) is 19.1 Å². The average molecular weight is 216 g/mol. The van der Waals surface area contributed by atoms with E-state index in [2.05, 4.69) is 17.8 Å². The van der Waals surface area contributed by atoms with Gasteiger partial charge in [0.05, 0.1) is 5.69 Å². The number of anilines is 1. The number of hydrogen-bond acceptors (Lipinski definition) is 2. The van der Waals surface area contributed by atoms with Crippen molar-refractivity contribution in [1.82, 2.24) is 5.43 Å². The molecule has 1 aromatic rings. The van der Waals surface area contributed by atoms with Crippen molar-refractivity contribution in [2.45, 2.75) is 13.3 Å². The van der Waals surface area contributed by atoms with Crippen molar-refractivity contribution in [2.24, 2.45) is 5.73 Å². The van der Waals surface area contributed by atoms with Crippen molar-refractivity contribution in [3.8, 4) is 0 Å². The third-order valence-corrected chi connectivity index (χ3v) is 1.67. The number of hydrazine groups is 1. The minimum Gasteiger partial charge on any atom is -0.350 e. The SMILES string of the molecule is CCc1cccc(NNC(N)=O)c1.Cl. The highest BCUT2D eigenvalue weighted by molar-refractivity contribution is 5.85. The lowest BCUT2D eigenvalue weighted by Crippen LogP contribution is -2.34. The zero-order valence-corrected chi connectivity index (χ0v) is 8.73. The minimum absolute atomic E-state index is 0. The molecule has 0 bridgehead atoms. The van der Waals surface area contributed by atoms with Gasteiger partial charge in [0.15, 0.2) is 0 Å². The van der Waals surface area contributed by atoms with E-state index in [1.165, 1.54) is 5.56 Å². The Bertz CT molecular complexity index is 304. The number of primary amides is 1. The van der Waals surface area contributed by atoms with Crippen molar-refractivity contribution in [1.29, 1.82) is 0 Å². The number of rotatable bonds is 3. The first-order valence-corrected chi connectivity index (χ1v) is 4.12. The van der Waals surface area contributed by atoms with Crippen LogP contribution in [0.1, 0.15) is 12.5 Å². The molecule has 0 spiro atoms. The highest BCUT2D eigenvalue weighted by atomic mass is 35.5. The summed E-state index contributed by atoms with van der Waals surface area (Å²) in [7, 11) is 0. The quantitative estimate of drug-likeness (QED) is 0.672. The van der Waals surface area contributed by atoms with Crippen molar-refractivity contribution in [3.05, 3.63) is 29.8 Å². The second-order valence-corrected chi connectivity index (χ2v) is 2.67. The van der Waals surface area contributed by atoms with Crippen molar-refractivity contribution < 1.29 is 4.79 Å². The maximum Gasteiger partial charge on any atom is 0.330 e. The maximum absolute atomic E-state index is 10.4. The van der Waals surface area contributed by atoms with Crippen LogP contribution in [0.3, 0.4) is 0 Å². The molecule has 0 aromatic heterocycles. The van der Waals surface area contributed by atoms with Gasteiger partial charge in [0.2, 0.25) is 0 Å². The smallest absolute Gasteiger partial charge is 0.330 e. The Morgan fingerprint density at radius 3 is 2.79 bits per heavy atom. The Labute approximate surface area is 89.3 Å². The molecule has 0 unspecified atom stereocenters. The first kappa shape index (κ1) is 12.6. The van der Waals surface area contributed by atoms with E-state index in [1.54, 1.807) is 0 Å². The second-order valence-electron chi connectivity index (χ2n) is 2.67. The number of aryl methyl sites for hydroxylation is 1. The fraction of sp³-hybridized carbons (Fsp3) is 0.222. The van der Waals surface area contributed by atoms with Crippen LogP contribution >= 0.6 is 12.4 Å². The van der Waals surface area contributed by atoms with Gasteiger partial charge in [-0.3, -0.25) is 10.9 Å². The summed E-state index contributed by atoms with van der Waals surface area (Å²) in [4.78, 5) is 10.4. The van der Waals surface area contributed by atoms with E-state index in [0.717, 1.165) is 12.1 Å². The minimum atomic E-state index is -0.595. The fourth-order valence-corrected chi connectivity index (χ4v) is 1.00. The zero-order valence-electron chi connectivity index (χ0n) is 7.91. The second kappa shape index (κ2) is 6.10. The van der Waals surface area contributed by atoms with E-state index < -0.39 is 6.03 Å². The number of halogens is 1. The van der Waals surface area contributed by atoms with Crippen LogP contribution in [0.25, 0.3) is 0 Å². The predicted molar refractivity (Wildman–Crippen MR) is 59.4 cm³/mol. The Morgan fingerprint density at radius 2 is 2.21 bits per heavy atom. The molecule has 0 heterocycles. The molecule has 4 nitrogen and oxygen atoms in total. The molecular weight excluding hydrogens is 202 g/mol. The van der Waals surface area contributed by atoms with E-state index in [1.807, 2.05) is 24.3 Å². The molecule has 4 N–H and O–H groups in total. The number of hydrogen-bond donors (Lipinski definition) is 3. The van der Waals surface area contributed by atoms with E-state index >= 15 is 0 Å². The van der Waals surface area contributed by atoms with Gasteiger partial charge in [-0.15, -0.1) is 12.4 Å². The largest absolute Gasteiger partial charge is 0.350 e. The maximum atomic E-state index is 10.4. The molecule has 0 atom stereocenters. The van der Waals surface area contributed by atoms with Crippen LogP contribution < -0.4 is 16.6 Å². The molecule has 0 saturated heterocycles. The molecule has 5 heteroatoms. The Morgan fingerprint density at radius 1 is 1.50 bits per heavy atom. The summed E-state index contributed by atoms with van der Waals surface area (Å²) in [5.41, 5.74) is 11.9. The monoisotopic (exact) mass is 215 g/mol. The van der Waals surface area contributed by atoms with Crippen LogP contribution in [0.15, 0.2) is 24.3 Å². The molecular formula is C9H14ClN3O. The van der Waals surface area contributed by atoms with E-state index in [-0.39, 0.29) is 12.4 Å². The number of amides is 2. The van der Waals surface area contributed by atoms with Gasteiger partial charge in [0.25, 0.3) is 0 Å². The normalized spacial score (nSPS) is 8.64. The third kappa shape index (κ3) is 4.00. The first-order valence-electron chi connectivity index (χ1n) is 4.12. The number of carbonyl (C=O) groups excluding carboxylic acids is 1. The zero-order chi connectivity index (χ0) is 9.68. The van der Waals surface area contributed by atoms with Crippen molar-refractivity contribution in [2.75, 3.05) is 5.43 Å². The lowest BCUT2D eigenvalue weighted by atomic mass is 10.1. The van der Waals surface area contributed by atoms with Crippen LogP contribution in [0.4, 0.5) is 10.5 Å². The third-order valence-electron chi connectivity index (χ3n) is 1.67. The van der Waals surface area contributed by atoms with Gasteiger partial charge in [-0.2, -0.15) is 0 Å². The van der Waals surface area contributed by atoms with Crippen LogP contribution in [0.5, 0.6) is 0 Å². The summed E-state index contributed by atoms with van der Waals surface area (Å²) in [6.45, 7) is 2.07. The Kier molecular flexibility index (Phi) is 5.48. The van der Waals surface area contributed by atoms with Crippen molar-refractivity contribution in [3.63, 3.8) is 0 Å². The number of nitrogens with one attached hydrogen (secondary N) is 2. The molecule has 0 radical (unpaired) electrons. The van der Waals surface area contributed by atoms with E-state index in [0.29, 0.717) is 0 Å². The number of carbonyl (C=O) groups is 1. The summed E-state index contributed by atoms with van der Waals surface area (Å²) in [5, 5.41) is 0. The predicted octanol–water partition coefficient (Wildman–Crippen LogP) is 1.67. The van der Waals surface area contributed by atoms with Gasteiger partial charge in [-0.25, -0.2) is 4.79 Å². The van der Waals surface area contributed by atoms with Crippen LogP contribution in [0, 0.1) is 0 Å². The standard InChI is InChI=1S/C9H13N3O.ClH/c1-2-7-4-3-5-8(6-7)11-12-9(10)13;/h3-6,11H,2H2,1H3,(H3,10,12,13);1H. The highest BCUT2D eigenvalue weighted by Crippen LogP contribution is 2.09. The molecule has 0 aliphatic rings. The van der Waals surface area contributed by atoms with Crippen LogP contribution in [0.2, 0.25) is 0 Å². The Balaban J connectivity index is 0.00000169. The molecule has 1 aromatic carbocycles. The van der Waals surface area contributed by atoms with Gasteiger partial charge >= 0.3 is 6.03 Å². The lowest BCUT2D eigenvalue weighted by molar-refractivity contribution is 0.250. The number of urea groups is 1. The van der Waals surface area contributed by atoms with Gasteiger partial charge in [0, 0.05) is 0 Å². The molecule has 0 aliphatic carbocycles. The first-order chi connectivity index (χ1) is 6.22. The van der Waals surface area contributed by atoms with Crippen molar-refractivity contribution >= 4 is 24.1 Å². The van der Waals surface area contributed by atoms with Gasteiger partial charge in [-0.05, 0) is 24.1 Å². The molecule has 0 fully saturated rings. The van der Waals surface area contributed by atoms with Crippen LogP contribution in [-0.4, -0.2) is 6.03 Å². The van der Waals surface area contributed by atoms with Gasteiger partial charge < -0.3 is 5.73 Å². The molecule has 2 amide bonds. The number of nitrogens with two attached hydrogens (primary N) is 1. The summed E-state index contributed by atoms with van der Waals surface area (Å²) in [5.74, 6) is 0. The summed E-state index contributed by atoms with van der Waals surface area (Å²) < 4.78 is 0. The summed E-state index contributed by atoms with van der Waals surface area (Å²) >= 11 is 0. The molecule has 0 aliphatic heterocycles. The average Bonchev–Trinajstić information content (AvgIpc) is 2.15. The molecule has 78 valence electrons. The Hall–Kier alpha value is -1.42. The molecule has 14 heavy (non-hydrogen) atoms. The molecule has 1 rings (SSSR count). The molecule has 0 saturated carbocycles. The summed E-state index contributed by atoms with van der Waals surface area (Å²) in [6.07, 6.45) is 0.964. The van der Waals surface area contributed by atoms with E-state index in [9.17, 15) is 4.79 Å². The number of benzene rings is 1. The van der Waals surface area contributed by atoms with E-state index in [4.69, 9.17) is 5.73 Å². The topological polar surface area (TPSA) is 67.2 Å².